The summed E-state index contributed by atoms with van der Waals surface area (Å²) in [5.41, 5.74) is 1.29. The smallest absolute Gasteiger partial charge is 0.230 e. The molecule has 1 spiro atoms. The lowest BCUT2D eigenvalue weighted by Crippen LogP contribution is -2.50. The first-order valence-corrected chi connectivity index (χ1v) is 10.6. The van der Waals surface area contributed by atoms with Crippen molar-refractivity contribution in [1.82, 2.24) is 9.80 Å². The Morgan fingerprint density at radius 3 is 2.92 bits per heavy atom. The van der Waals surface area contributed by atoms with Crippen LogP contribution >= 0.6 is 11.8 Å². The highest BCUT2D eigenvalue weighted by Crippen LogP contribution is 2.42. The molecule has 2 aliphatic heterocycles. The Hall–Kier alpha value is -1.00. The average Bonchev–Trinajstić information content (AvgIpc) is 3.33. The Balaban J connectivity index is 1.41. The fourth-order valence-corrected chi connectivity index (χ4v) is 4.92. The van der Waals surface area contributed by atoms with Gasteiger partial charge in [0.15, 0.2) is 0 Å². The third kappa shape index (κ3) is 3.36. The van der Waals surface area contributed by atoms with Gasteiger partial charge in [0.25, 0.3) is 0 Å². The molecule has 4 heteroatoms. The largest absolute Gasteiger partial charge is 0.342 e. The van der Waals surface area contributed by atoms with Crippen LogP contribution in [0.5, 0.6) is 0 Å². The van der Waals surface area contributed by atoms with E-state index in [9.17, 15) is 4.79 Å². The minimum Gasteiger partial charge on any atom is -0.342 e. The second-order valence-electron chi connectivity index (χ2n) is 7.89. The summed E-state index contributed by atoms with van der Waals surface area (Å²) in [4.78, 5) is 19.1. The molecule has 2 heterocycles. The molecule has 0 radical (unpaired) electrons. The first-order chi connectivity index (χ1) is 11.7. The second-order valence-corrected chi connectivity index (χ2v) is 8.77. The number of thioether (sulfide) groups is 1. The molecule has 1 aromatic carbocycles. The van der Waals surface area contributed by atoms with E-state index in [-0.39, 0.29) is 5.41 Å². The standard InChI is InChI=1S/C20H28N2OS/c1-24-18-5-2-4-17(12-18)13-21-11-9-20(15-21)8-3-10-22(19(20)23)14-16-6-7-16/h2,4-5,12,16H,3,6-11,13-15H2,1H3/t20-/m1/s1. The van der Waals surface area contributed by atoms with Gasteiger partial charge in [0, 0.05) is 31.1 Å². The molecule has 1 saturated carbocycles. The quantitative estimate of drug-likeness (QED) is 0.762. The van der Waals surface area contributed by atoms with Crippen molar-refractivity contribution in [2.75, 3.05) is 32.4 Å². The number of amides is 1. The van der Waals surface area contributed by atoms with Crippen molar-refractivity contribution in [2.45, 2.75) is 43.5 Å². The van der Waals surface area contributed by atoms with E-state index in [0.717, 1.165) is 51.5 Å². The predicted octanol–water partition coefficient (Wildman–Crippen LogP) is 3.63. The highest BCUT2D eigenvalue weighted by atomic mass is 32.2. The van der Waals surface area contributed by atoms with Gasteiger partial charge >= 0.3 is 0 Å². The summed E-state index contributed by atoms with van der Waals surface area (Å²) < 4.78 is 0. The van der Waals surface area contributed by atoms with Crippen LogP contribution in [0, 0.1) is 11.3 Å². The maximum atomic E-state index is 13.1. The summed E-state index contributed by atoms with van der Waals surface area (Å²) in [6.07, 6.45) is 8.11. The molecule has 0 unspecified atom stereocenters. The Morgan fingerprint density at radius 2 is 2.12 bits per heavy atom. The maximum absolute atomic E-state index is 13.1. The first-order valence-electron chi connectivity index (χ1n) is 9.33. The Morgan fingerprint density at radius 1 is 1.25 bits per heavy atom. The fraction of sp³-hybridized carbons (Fsp3) is 0.650. The van der Waals surface area contributed by atoms with Crippen molar-refractivity contribution in [1.29, 1.82) is 0 Å². The van der Waals surface area contributed by atoms with E-state index in [1.807, 2.05) is 0 Å². The molecule has 3 aliphatic rings. The number of hydrogen-bond donors (Lipinski definition) is 0. The Bertz CT molecular complexity index is 615. The van der Waals surface area contributed by atoms with Crippen LogP contribution in [0.15, 0.2) is 29.2 Å². The van der Waals surface area contributed by atoms with E-state index in [0.29, 0.717) is 5.91 Å². The summed E-state index contributed by atoms with van der Waals surface area (Å²) >= 11 is 1.80. The van der Waals surface area contributed by atoms with Crippen molar-refractivity contribution in [3.8, 4) is 0 Å². The first kappa shape index (κ1) is 16.5. The van der Waals surface area contributed by atoms with Crippen molar-refractivity contribution in [3.05, 3.63) is 29.8 Å². The van der Waals surface area contributed by atoms with Crippen LogP contribution in [0.25, 0.3) is 0 Å². The molecule has 3 fully saturated rings. The molecule has 130 valence electrons. The van der Waals surface area contributed by atoms with Gasteiger partial charge in [-0.3, -0.25) is 9.69 Å². The fourth-order valence-electron chi connectivity index (χ4n) is 4.44. The molecular weight excluding hydrogens is 316 g/mol. The number of carbonyl (C=O) groups is 1. The topological polar surface area (TPSA) is 23.6 Å². The average molecular weight is 345 g/mol. The van der Waals surface area contributed by atoms with E-state index in [1.165, 1.54) is 29.7 Å². The molecule has 4 rings (SSSR count). The van der Waals surface area contributed by atoms with Gasteiger partial charge in [0.2, 0.25) is 5.91 Å². The van der Waals surface area contributed by atoms with Gasteiger partial charge in [-0.1, -0.05) is 12.1 Å². The van der Waals surface area contributed by atoms with Crippen molar-refractivity contribution < 1.29 is 4.79 Å². The minimum absolute atomic E-state index is 0.0791. The monoisotopic (exact) mass is 344 g/mol. The summed E-state index contributed by atoms with van der Waals surface area (Å²) in [5, 5.41) is 0. The summed E-state index contributed by atoms with van der Waals surface area (Å²) in [6.45, 7) is 5.01. The lowest BCUT2D eigenvalue weighted by molar-refractivity contribution is -0.145. The van der Waals surface area contributed by atoms with Crippen LogP contribution in [-0.2, 0) is 11.3 Å². The van der Waals surface area contributed by atoms with Crippen LogP contribution in [0.4, 0.5) is 0 Å². The molecule has 0 bridgehead atoms. The van der Waals surface area contributed by atoms with Gasteiger partial charge in [0.1, 0.15) is 0 Å². The lowest BCUT2D eigenvalue weighted by Gasteiger charge is -2.39. The minimum atomic E-state index is -0.0791. The number of benzene rings is 1. The third-order valence-electron chi connectivity index (χ3n) is 5.97. The number of likely N-dealkylation sites (tertiary alicyclic amines) is 2. The molecule has 3 nitrogen and oxygen atoms in total. The Kier molecular flexibility index (Phi) is 4.61. The van der Waals surface area contributed by atoms with Crippen molar-refractivity contribution >= 4 is 17.7 Å². The number of carbonyl (C=O) groups excluding carboxylic acids is 1. The highest BCUT2D eigenvalue weighted by Gasteiger charge is 2.48. The van der Waals surface area contributed by atoms with Crippen LogP contribution < -0.4 is 0 Å². The number of piperidine rings is 1. The van der Waals surface area contributed by atoms with E-state index >= 15 is 0 Å². The number of hydrogen-bond acceptors (Lipinski definition) is 3. The zero-order valence-corrected chi connectivity index (χ0v) is 15.5. The van der Waals surface area contributed by atoms with Gasteiger partial charge < -0.3 is 4.90 Å². The van der Waals surface area contributed by atoms with E-state index in [1.54, 1.807) is 11.8 Å². The molecule has 1 aromatic rings. The number of nitrogens with zero attached hydrogens (tertiary/aromatic N) is 2. The lowest BCUT2D eigenvalue weighted by atomic mass is 9.78. The van der Waals surface area contributed by atoms with Gasteiger partial charge in [-0.25, -0.2) is 0 Å². The molecule has 0 aromatic heterocycles. The van der Waals surface area contributed by atoms with Crippen LogP contribution in [0.3, 0.4) is 0 Å². The third-order valence-corrected chi connectivity index (χ3v) is 6.70. The van der Waals surface area contributed by atoms with Crippen LogP contribution in [0.2, 0.25) is 0 Å². The molecule has 1 aliphatic carbocycles. The van der Waals surface area contributed by atoms with Crippen molar-refractivity contribution in [2.24, 2.45) is 11.3 Å². The maximum Gasteiger partial charge on any atom is 0.230 e. The normalized spacial score (nSPS) is 28.0. The van der Waals surface area contributed by atoms with Gasteiger partial charge in [-0.2, -0.15) is 0 Å². The van der Waals surface area contributed by atoms with E-state index < -0.39 is 0 Å². The van der Waals surface area contributed by atoms with Crippen molar-refractivity contribution in [3.63, 3.8) is 0 Å². The number of rotatable bonds is 5. The molecular formula is C20H28N2OS. The zero-order chi connectivity index (χ0) is 16.6. The van der Waals surface area contributed by atoms with Crippen LogP contribution in [-0.4, -0.2) is 48.1 Å². The van der Waals surface area contributed by atoms with Gasteiger partial charge in [0.05, 0.1) is 5.41 Å². The second kappa shape index (κ2) is 6.72. The predicted molar refractivity (Wildman–Crippen MR) is 99.1 cm³/mol. The Labute approximate surface area is 149 Å². The molecule has 2 saturated heterocycles. The summed E-state index contributed by atoms with van der Waals surface area (Å²) in [5.74, 6) is 1.26. The van der Waals surface area contributed by atoms with Gasteiger partial charge in [-0.15, -0.1) is 11.8 Å². The van der Waals surface area contributed by atoms with Crippen LogP contribution in [0.1, 0.15) is 37.7 Å². The SMILES string of the molecule is CSc1cccc(CN2CC[C@]3(CCCN(CC4CC4)C3=O)C2)c1. The van der Waals surface area contributed by atoms with E-state index in [2.05, 4.69) is 40.3 Å². The van der Waals surface area contributed by atoms with E-state index in [4.69, 9.17) is 0 Å². The molecule has 1 amide bonds. The molecule has 0 N–H and O–H groups in total. The molecule has 1 atom stereocenters. The van der Waals surface area contributed by atoms with Gasteiger partial charge in [-0.05, 0) is 68.5 Å². The zero-order valence-electron chi connectivity index (χ0n) is 14.7. The summed E-state index contributed by atoms with van der Waals surface area (Å²) in [7, 11) is 0. The summed E-state index contributed by atoms with van der Waals surface area (Å²) in [6, 6.07) is 8.82. The molecule has 24 heavy (non-hydrogen) atoms. The highest BCUT2D eigenvalue weighted by molar-refractivity contribution is 7.98.